The van der Waals surface area contributed by atoms with Crippen molar-refractivity contribution in [1.29, 1.82) is 0 Å². The number of carbonyl (C=O) groups excluding carboxylic acids is 2. The fraction of sp³-hybridized carbons (Fsp3) is 0.346. The largest absolute Gasteiger partial charge is 0.466 e. The molecule has 1 fully saturated rings. The van der Waals surface area contributed by atoms with Gasteiger partial charge in [-0.3, -0.25) is 4.79 Å². The summed E-state index contributed by atoms with van der Waals surface area (Å²) in [7, 11) is 3.32. The molecule has 206 valence electrons. The van der Waals surface area contributed by atoms with E-state index in [9.17, 15) is 14.0 Å². The first-order valence-corrected chi connectivity index (χ1v) is 12.6. The molecule has 1 amide bonds. The Hall–Kier alpha value is -3.87. The van der Waals surface area contributed by atoms with E-state index in [2.05, 4.69) is 47.4 Å². The first-order chi connectivity index (χ1) is 18.8. The minimum absolute atomic E-state index is 0.0128. The number of methoxy groups -OCH3 is 1. The van der Waals surface area contributed by atoms with Crippen LogP contribution in [0.2, 0.25) is 5.02 Å². The van der Waals surface area contributed by atoms with E-state index in [-0.39, 0.29) is 23.0 Å². The van der Waals surface area contributed by atoms with Crippen LogP contribution in [0.3, 0.4) is 0 Å². The molecule has 2 aromatic heterocycles. The van der Waals surface area contributed by atoms with Gasteiger partial charge in [0.25, 0.3) is 5.88 Å². The van der Waals surface area contributed by atoms with Crippen LogP contribution in [0.4, 0.5) is 21.6 Å². The van der Waals surface area contributed by atoms with Gasteiger partial charge in [-0.15, -0.1) is 10.2 Å². The zero-order valence-electron chi connectivity index (χ0n) is 21.6. The first-order valence-electron chi connectivity index (χ1n) is 12.3. The molecule has 0 bridgehead atoms. The molecule has 11 nitrogen and oxygen atoms in total. The second kappa shape index (κ2) is 13.3. The second-order valence-electron chi connectivity index (χ2n) is 8.94. The Kier molecular flexibility index (Phi) is 9.58. The third-order valence-corrected chi connectivity index (χ3v) is 6.31. The van der Waals surface area contributed by atoms with Crippen molar-refractivity contribution in [1.82, 2.24) is 25.0 Å². The lowest BCUT2D eigenvalue weighted by Gasteiger charge is -2.32. The van der Waals surface area contributed by atoms with Crippen molar-refractivity contribution < 1.29 is 23.5 Å². The lowest BCUT2D eigenvalue weighted by Crippen LogP contribution is -2.45. The Morgan fingerprint density at radius 2 is 1.90 bits per heavy atom. The van der Waals surface area contributed by atoms with Gasteiger partial charge in [0, 0.05) is 67.7 Å². The molecule has 3 aromatic rings. The maximum absolute atomic E-state index is 14.5. The number of piperazine rings is 1. The van der Waals surface area contributed by atoms with Crippen molar-refractivity contribution in [3.05, 3.63) is 53.4 Å². The third-order valence-electron chi connectivity index (χ3n) is 6.08. The fourth-order valence-corrected chi connectivity index (χ4v) is 4.03. The maximum Gasteiger partial charge on any atom is 0.343 e. The summed E-state index contributed by atoms with van der Waals surface area (Å²) in [6, 6.07) is 8.92. The summed E-state index contributed by atoms with van der Waals surface area (Å²) < 4.78 is 24.6. The monoisotopic (exact) mass is 557 g/mol. The lowest BCUT2D eigenvalue weighted by atomic mass is 10.1. The van der Waals surface area contributed by atoms with Crippen molar-refractivity contribution >= 4 is 40.7 Å². The Labute approximate surface area is 230 Å². The number of amides is 1. The molecule has 1 aliphatic heterocycles. The van der Waals surface area contributed by atoms with Gasteiger partial charge in [0.15, 0.2) is 6.61 Å². The summed E-state index contributed by atoms with van der Waals surface area (Å²) in [5.41, 5.74) is 1.16. The number of rotatable bonds is 10. The molecule has 4 rings (SSSR count). The van der Waals surface area contributed by atoms with Crippen molar-refractivity contribution in [3.8, 4) is 17.1 Å². The molecule has 0 spiro atoms. The smallest absolute Gasteiger partial charge is 0.343 e. The summed E-state index contributed by atoms with van der Waals surface area (Å²) >= 11 is 6.05. The zero-order valence-corrected chi connectivity index (χ0v) is 22.4. The molecule has 1 aliphatic rings. The molecule has 0 aliphatic carbocycles. The van der Waals surface area contributed by atoms with Crippen LogP contribution >= 0.6 is 11.6 Å². The molecule has 39 heavy (non-hydrogen) atoms. The Morgan fingerprint density at radius 1 is 1.10 bits per heavy atom. The first kappa shape index (κ1) is 28.1. The van der Waals surface area contributed by atoms with Crippen LogP contribution < -0.4 is 15.4 Å². The highest BCUT2D eigenvalue weighted by Gasteiger charge is 2.17. The van der Waals surface area contributed by atoms with E-state index in [0.717, 1.165) is 26.2 Å². The number of benzene rings is 1. The molecular formula is C26H29ClFN7O4. The van der Waals surface area contributed by atoms with Gasteiger partial charge in [0.2, 0.25) is 5.91 Å². The van der Waals surface area contributed by atoms with Gasteiger partial charge in [-0.2, -0.15) is 0 Å². The average molecular weight is 558 g/mol. The molecule has 3 heterocycles. The third kappa shape index (κ3) is 8.06. The molecule has 2 N–H and O–H groups in total. The van der Waals surface area contributed by atoms with E-state index in [4.69, 9.17) is 16.3 Å². The van der Waals surface area contributed by atoms with Gasteiger partial charge in [-0.25, -0.2) is 14.2 Å². The summed E-state index contributed by atoms with van der Waals surface area (Å²) in [5.74, 6) is -0.957. The van der Waals surface area contributed by atoms with Gasteiger partial charge in [-0.1, -0.05) is 11.6 Å². The Bertz CT molecular complexity index is 1320. The van der Waals surface area contributed by atoms with E-state index < -0.39 is 18.4 Å². The number of likely N-dealkylation sites (N-methyl/N-ethyl adjacent to an activating group) is 1. The number of carbonyl (C=O) groups is 2. The number of anilines is 3. The van der Waals surface area contributed by atoms with Gasteiger partial charge in [-0.05, 0) is 37.4 Å². The van der Waals surface area contributed by atoms with Gasteiger partial charge < -0.3 is 29.9 Å². The van der Waals surface area contributed by atoms with Crippen LogP contribution in [0.15, 0.2) is 42.6 Å². The van der Waals surface area contributed by atoms with E-state index in [1.54, 1.807) is 12.1 Å². The number of hydrogen-bond acceptors (Lipinski definition) is 10. The SMILES string of the molecule is COC(=O)COc1nnc(-c2cc(Cl)ccc2F)cc1Nc1ccnc(NC(=O)CCN2CCN(C)CC2)c1. The molecule has 13 heteroatoms. The van der Waals surface area contributed by atoms with E-state index in [1.807, 2.05) is 0 Å². The molecule has 0 radical (unpaired) electrons. The number of hydrogen-bond donors (Lipinski definition) is 2. The van der Waals surface area contributed by atoms with E-state index in [1.165, 1.54) is 37.6 Å². The van der Waals surface area contributed by atoms with E-state index in [0.29, 0.717) is 35.2 Å². The van der Waals surface area contributed by atoms with Crippen LogP contribution in [-0.4, -0.2) is 90.3 Å². The van der Waals surface area contributed by atoms with Crippen LogP contribution in [0, 0.1) is 5.82 Å². The molecule has 0 atom stereocenters. The number of nitrogens with one attached hydrogen (secondary N) is 2. The Balaban J connectivity index is 1.49. The fourth-order valence-electron chi connectivity index (χ4n) is 3.86. The molecular weight excluding hydrogens is 529 g/mol. The van der Waals surface area contributed by atoms with Crippen molar-refractivity contribution in [3.63, 3.8) is 0 Å². The minimum atomic E-state index is -0.613. The van der Waals surface area contributed by atoms with Gasteiger partial charge >= 0.3 is 5.97 Å². The second-order valence-corrected chi connectivity index (χ2v) is 9.37. The summed E-state index contributed by atoms with van der Waals surface area (Å²) in [6.45, 7) is 4.10. The highest BCUT2D eigenvalue weighted by atomic mass is 35.5. The molecule has 1 aromatic carbocycles. The van der Waals surface area contributed by atoms with Gasteiger partial charge in [0.05, 0.1) is 12.8 Å². The van der Waals surface area contributed by atoms with Crippen LogP contribution in [0.25, 0.3) is 11.3 Å². The summed E-state index contributed by atoms with van der Waals surface area (Å²) in [4.78, 5) is 32.9. The van der Waals surface area contributed by atoms with Crippen molar-refractivity contribution in [2.75, 3.05) is 64.1 Å². The number of aromatic nitrogens is 3. The normalized spacial score (nSPS) is 14.1. The number of nitrogens with zero attached hydrogens (tertiary/aromatic N) is 5. The summed E-state index contributed by atoms with van der Waals surface area (Å²) in [6.07, 6.45) is 1.87. The number of ether oxygens (including phenoxy) is 2. The van der Waals surface area contributed by atoms with E-state index >= 15 is 0 Å². The zero-order chi connectivity index (χ0) is 27.8. The predicted octanol–water partition coefficient (Wildman–Crippen LogP) is 3.20. The topological polar surface area (TPSA) is 122 Å². The van der Waals surface area contributed by atoms with Crippen LogP contribution in [0.1, 0.15) is 6.42 Å². The van der Waals surface area contributed by atoms with Crippen molar-refractivity contribution in [2.24, 2.45) is 0 Å². The quantitative estimate of drug-likeness (QED) is 0.359. The van der Waals surface area contributed by atoms with Crippen LogP contribution in [-0.2, 0) is 14.3 Å². The highest BCUT2D eigenvalue weighted by Crippen LogP contribution is 2.32. The lowest BCUT2D eigenvalue weighted by molar-refractivity contribution is -0.143. The number of halogens is 2. The predicted molar refractivity (Wildman–Crippen MR) is 145 cm³/mol. The van der Waals surface area contributed by atoms with Crippen molar-refractivity contribution in [2.45, 2.75) is 6.42 Å². The molecule has 0 unspecified atom stereocenters. The standard InChI is InChI=1S/C26H29ClFN7O4/c1-34-9-11-35(12-10-34)8-6-24(36)31-23-14-18(5-7-29-23)30-22-15-21(19-13-17(27)3-4-20(19)28)32-33-26(22)39-16-25(37)38-2/h3-5,7,13-15H,6,8-12,16H2,1-2H3,(H2,29,30,31,32,36). The average Bonchev–Trinajstić information content (AvgIpc) is 2.93. The molecule has 1 saturated heterocycles. The van der Waals surface area contributed by atoms with Gasteiger partial charge in [0.1, 0.15) is 17.3 Å². The maximum atomic E-state index is 14.5. The Morgan fingerprint density at radius 3 is 2.67 bits per heavy atom. The number of esters is 1. The number of pyridine rings is 1. The highest BCUT2D eigenvalue weighted by molar-refractivity contribution is 6.30. The molecule has 0 saturated carbocycles. The van der Waals surface area contributed by atoms with Crippen LogP contribution in [0.5, 0.6) is 5.88 Å². The summed E-state index contributed by atoms with van der Waals surface area (Å²) in [5, 5.41) is 14.3. The minimum Gasteiger partial charge on any atom is -0.466 e.